The highest BCUT2D eigenvalue weighted by molar-refractivity contribution is 7.92. The predicted molar refractivity (Wildman–Crippen MR) is 87.6 cm³/mol. The van der Waals surface area contributed by atoms with Gasteiger partial charge in [0.25, 0.3) is 10.0 Å². The Bertz CT molecular complexity index is 782. The molecule has 7 heteroatoms. The van der Waals surface area contributed by atoms with E-state index in [1.54, 1.807) is 32.0 Å². The van der Waals surface area contributed by atoms with Crippen LogP contribution in [0.2, 0.25) is 10.0 Å². The molecule has 2 aromatic rings. The minimum Gasteiger partial charge on any atom is -0.398 e. The average Bonchev–Trinajstić information content (AvgIpc) is 2.38. The van der Waals surface area contributed by atoms with E-state index in [0.717, 1.165) is 5.56 Å². The number of anilines is 2. The molecule has 2 aromatic carbocycles. The summed E-state index contributed by atoms with van der Waals surface area (Å²) in [6, 6.07) is 7.66. The zero-order valence-corrected chi connectivity index (χ0v) is 13.8. The summed E-state index contributed by atoms with van der Waals surface area (Å²) in [6.07, 6.45) is 0. The summed E-state index contributed by atoms with van der Waals surface area (Å²) in [4.78, 5) is 0.0185. The molecule has 3 N–H and O–H groups in total. The highest BCUT2D eigenvalue weighted by Crippen LogP contribution is 2.28. The van der Waals surface area contributed by atoms with Gasteiger partial charge in [0.2, 0.25) is 0 Å². The number of benzene rings is 2. The third-order valence-electron chi connectivity index (χ3n) is 3.10. The second-order valence-corrected chi connectivity index (χ2v) is 7.21. The van der Waals surface area contributed by atoms with Crippen molar-refractivity contribution < 1.29 is 8.42 Å². The van der Waals surface area contributed by atoms with Crippen LogP contribution in [0.4, 0.5) is 11.4 Å². The smallest absolute Gasteiger partial charge is 0.262 e. The molecule has 21 heavy (non-hydrogen) atoms. The fourth-order valence-electron chi connectivity index (χ4n) is 1.77. The van der Waals surface area contributed by atoms with Crippen LogP contribution in [0, 0.1) is 13.8 Å². The number of hydrogen-bond acceptors (Lipinski definition) is 3. The van der Waals surface area contributed by atoms with Crippen molar-refractivity contribution in [2.24, 2.45) is 0 Å². The van der Waals surface area contributed by atoms with Crippen LogP contribution in [0.3, 0.4) is 0 Å². The van der Waals surface area contributed by atoms with E-state index in [1.807, 2.05) is 0 Å². The molecule has 0 amide bonds. The lowest BCUT2D eigenvalue weighted by molar-refractivity contribution is 0.601. The van der Waals surface area contributed by atoms with Gasteiger partial charge in [-0.1, -0.05) is 23.2 Å². The monoisotopic (exact) mass is 344 g/mol. The maximum absolute atomic E-state index is 12.4. The van der Waals surface area contributed by atoms with E-state index in [2.05, 4.69) is 4.72 Å². The number of sulfonamides is 1. The zero-order chi connectivity index (χ0) is 15.8. The molecule has 0 fully saturated rings. The molecular formula is C14H14Cl2N2O2S. The third kappa shape index (κ3) is 3.43. The van der Waals surface area contributed by atoms with E-state index < -0.39 is 10.0 Å². The Labute approximate surface area is 133 Å². The summed E-state index contributed by atoms with van der Waals surface area (Å²) in [6.45, 7) is 3.49. The molecule has 0 aliphatic carbocycles. The predicted octanol–water partition coefficient (Wildman–Crippen LogP) is 3.99. The molecule has 112 valence electrons. The number of nitrogens with one attached hydrogen (secondary N) is 1. The Morgan fingerprint density at radius 2 is 1.76 bits per heavy atom. The quantitative estimate of drug-likeness (QED) is 0.826. The lowest BCUT2D eigenvalue weighted by Gasteiger charge is -2.12. The molecular weight excluding hydrogens is 331 g/mol. The SMILES string of the molecule is Cc1cc(Cl)ccc1NS(=O)(=O)c1cc(N)c(C)c(Cl)c1. The highest BCUT2D eigenvalue weighted by Gasteiger charge is 2.18. The van der Waals surface area contributed by atoms with E-state index in [9.17, 15) is 8.42 Å². The van der Waals surface area contributed by atoms with E-state index in [1.165, 1.54) is 12.1 Å². The standard InChI is InChI=1S/C14H14Cl2N2O2S/c1-8-5-10(15)3-4-14(8)18-21(19,20)11-6-12(16)9(2)13(17)7-11/h3-7,18H,17H2,1-2H3. The van der Waals surface area contributed by atoms with Crippen molar-refractivity contribution in [3.8, 4) is 0 Å². The van der Waals surface area contributed by atoms with Crippen molar-refractivity contribution in [3.05, 3.63) is 51.5 Å². The first-order chi connectivity index (χ1) is 9.70. The highest BCUT2D eigenvalue weighted by atomic mass is 35.5. The van der Waals surface area contributed by atoms with Crippen molar-refractivity contribution in [2.45, 2.75) is 18.7 Å². The van der Waals surface area contributed by atoms with E-state index in [-0.39, 0.29) is 4.90 Å². The summed E-state index contributed by atoms with van der Waals surface area (Å²) in [5.41, 5.74) is 7.92. The average molecular weight is 345 g/mol. The molecule has 4 nitrogen and oxygen atoms in total. The Balaban J connectivity index is 2.43. The van der Waals surface area contributed by atoms with Crippen molar-refractivity contribution in [2.75, 3.05) is 10.5 Å². The fourth-order valence-corrected chi connectivity index (χ4v) is 3.48. The minimum absolute atomic E-state index is 0.0185. The number of nitrogens with two attached hydrogens (primary N) is 1. The Morgan fingerprint density at radius 3 is 2.33 bits per heavy atom. The van der Waals surface area contributed by atoms with Crippen LogP contribution in [-0.2, 0) is 10.0 Å². The van der Waals surface area contributed by atoms with E-state index >= 15 is 0 Å². The number of nitrogen functional groups attached to an aromatic ring is 1. The van der Waals surface area contributed by atoms with Crippen LogP contribution in [0.15, 0.2) is 35.2 Å². The van der Waals surface area contributed by atoms with E-state index in [0.29, 0.717) is 27.0 Å². The van der Waals surface area contributed by atoms with Gasteiger partial charge in [-0.25, -0.2) is 8.42 Å². The Morgan fingerprint density at radius 1 is 1.10 bits per heavy atom. The first kappa shape index (κ1) is 15.9. The molecule has 0 saturated carbocycles. The van der Waals surface area contributed by atoms with Gasteiger partial charge in [0.1, 0.15) is 0 Å². The van der Waals surface area contributed by atoms with Crippen LogP contribution in [0.1, 0.15) is 11.1 Å². The normalized spacial score (nSPS) is 11.4. The van der Waals surface area contributed by atoms with Gasteiger partial charge in [0, 0.05) is 15.7 Å². The summed E-state index contributed by atoms with van der Waals surface area (Å²) >= 11 is 11.8. The molecule has 0 atom stereocenters. The van der Waals surface area contributed by atoms with Gasteiger partial charge in [0.15, 0.2) is 0 Å². The van der Waals surface area contributed by atoms with Gasteiger partial charge < -0.3 is 5.73 Å². The van der Waals surface area contributed by atoms with Crippen molar-refractivity contribution in [1.29, 1.82) is 0 Å². The molecule has 0 aliphatic heterocycles. The Hall–Kier alpha value is -1.43. The van der Waals surface area contributed by atoms with Gasteiger partial charge in [-0.05, 0) is 55.3 Å². The van der Waals surface area contributed by atoms with Gasteiger partial charge in [-0.2, -0.15) is 0 Å². The molecule has 0 unspecified atom stereocenters. The zero-order valence-electron chi connectivity index (χ0n) is 11.4. The molecule has 0 saturated heterocycles. The van der Waals surface area contributed by atoms with Crippen molar-refractivity contribution >= 4 is 44.6 Å². The fraction of sp³-hybridized carbons (Fsp3) is 0.143. The second-order valence-electron chi connectivity index (χ2n) is 4.68. The third-order valence-corrected chi connectivity index (χ3v) is 5.07. The topological polar surface area (TPSA) is 72.2 Å². The second kappa shape index (κ2) is 5.75. The van der Waals surface area contributed by atoms with Crippen LogP contribution in [0.25, 0.3) is 0 Å². The molecule has 0 aliphatic rings. The minimum atomic E-state index is -3.77. The largest absolute Gasteiger partial charge is 0.398 e. The van der Waals surface area contributed by atoms with Gasteiger partial charge in [0.05, 0.1) is 10.6 Å². The Kier molecular flexibility index (Phi) is 4.37. The lowest BCUT2D eigenvalue weighted by atomic mass is 10.2. The summed E-state index contributed by atoms with van der Waals surface area (Å²) in [5.74, 6) is 0. The summed E-state index contributed by atoms with van der Waals surface area (Å²) in [5, 5.41) is 0.848. The first-order valence-electron chi connectivity index (χ1n) is 6.05. The number of aryl methyl sites for hydroxylation is 1. The van der Waals surface area contributed by atoms with Gasteiger partial charge in [-0.3, -0.25) is 4.72 Å². The van der Waals surface area contributed by atoms with Crippen LogP contribution in [0.5, 0.6) is 0 Å². The van der Waals surface area contributed by atoms with Crippen molar-refractivity contribution in [1.82, 2.24) is 0 Å². The van der Waals surface area contributed by atoms with Crippen molar-refractivity contribution in [3.63, 3.8) is 0 Å². The number of halogens is 2. The maximum Gasteiger partial charge on any atom is 0.262 e. The van der Waals surface area contributed by atoms with E-state index in [4.69, 9.17) is 28.9 Å². The maximum atomic E-state index is 12.4. The summed E-state index contributed by atoms with van der Waals surface area (Å²) in [7, 11) is -3.77. The number of hydrogen-bond donors (Lipinski definition) is 2. The van der Waals surface area contributed by atoms with Gasteiger partial charge in [-0.15, -0.1) is 0 Å². The molecule has 0 aromatic heterocycles. The van der Waals surface area contributed by atoms with Crippen LogP contribution >= 0.6 is 23.2 Å². The molecule has 0 heterocycles. The first-order valence-corrected chi connectivity index (χ1v) is 8.29. The van der Waals surface area contributed by atoms with Gasteiger partial charge >= 0.3 is 0 Å². The number of rotatable bonds is 3. The molecule has 0 bridgehead atoms. The lowest BCUT2D eigenvalue weighted by Crippen LogP contribution is -2.14. The molecule has 0 radical (unpaired) electrons. The summed E-state index contributed by atoms with van der Waals surface area (Å²) < 4.78 is 27.3. The van der Waals surface area contributed by atoms with Crippen LogP contribution < -0.4 is 10.5 Å². The molecule has 0 spiro atoms. The van der Waals surface area contributed by atoms with Crippen LogP contribution in [-0.4, -0.2) is 8.42 Å². The molecule has 2 rings (SSSR count).